The van der Waals surface area contributed by atoms with Gasteiger partial charge in [-0.2, -0.15) is 0 Å². The molecular formula is C9H7ClN2O2. The van der Waals surface area contributed by atoms with E-state index in [1.165, 1.54) is 12.5 Å². The van der Waals surface area contributed by atoms with Crippen LogP contribution in [0.5, 0.6) is 0 Å². The molecule has 0 aliphatic carbocycles. The number of nitrogens with zero attached hydrogens (tertiary/aromatic N) is 1. The lowest BCUT2D eigenvalue weighted by Crippen LogP contribution is -2.13. The van der Waals surface area contributed by atoms with Crippen LogP contribution in [0.1, 0.15) is 5.56 Å². The lowest BCUT2D eigenvalue weighted by Gasteiger charge is -1.99. The number of hydrogen-bond donors (Lipinski definition) is 1. The number of rotatable bonds is 2. The van der Waals surface area contributed by atoms with Gasteiger partial charge in [-0.25, -0.2) is 4.98 Å². The zero-order chi connectivity index (χ0) is 10.1. The highest BCUT2D eigenvalue weighted by Crippen LogP contribution is 2.25. The molecule has 0 aliphatic rings. The number of nitrogens with two attached hydrogens (primary N) is 1. The average molecular weight is 211 g/mol. The Morgan fingerprint density at radius 2 is 2.43 bits per heavy atom. The monoisotopic (exact) mass is 210 g/mol. The van der Waals surface area contributed by atoms with Crippen molar-refractivity contribution in [3.8, 4) is 0 Å². The first-order valence-electron chi connectivity index (χ1n) is 3.97. The third-order valence-electron chi connectivity index (χ3n) is 1.88. The molecule has 72 valence electrons. The van der Waals surface area contributed by atoms with Crippen molar-refractivity contribution >= 4 is 28.5 Å². The summed E-state index contributed by atoms with van der Waals surface area (Å²) in [5.74, 6) is -0.424. The molecule has 2 aromatic rings. The van der Waals surface area contributed by atoms with Crippen LogP contribution in [-0.2, 0) is 11.2 Å². The molecule has 0 unspecified atom stereocenters. The van der Waals surface area contributed by atoms with E-state index in [1.54, 1.807) is 6.07 Å². The van der Waals surface area contributed by atoms with Gasteiger partial charge in [-0.05, 0) is 6.07 Å². The molecule has 1 amide bonds. The summed E-state index contributed by atoms with van der Waals surface area (Å²) >= 11 is 5.82. The number of carbonyl (C=O) groups is 1. The van der Waals surface area contributed by atoms with Crippen molar-refractivity contribution < 1.29 is 9.21 Å². The third kappa shape index (κ3) is 1.44. The number of halogens is 1. The van der Waals surface area contributed by atoms with Crippen molar-refractivity contribution in [2.24, 2.45) is 5.73 Å². The fourth-order valence-electron chi connectivity index (χ4n) is 1.30. The number of aromatic nitrogens is 1. The van der Waals surface area contributed by atoms with Gasteiger partial charge in [-0.3, -0.25) is 4.79 Å². The highest BCUT2D eigenvalue weighted by atomic mass is 35.5. The number of furan rings is 1. The summed E-state index contributed by atoms with van der Waals surface area (Å²) < 4.78 is 5.20. The minimum absolute atomic E-state index is 0.105. The molecule has 0 bridgehead atoms. The molecule has 0 aromatic carbocycles. The van der Waals surface area contributed by atoms with Crippen molar-refractivity contribution in [1.29, 1.82) is 0 Å². The van der Waals surface area contributed by atoms with Gasteiger partial charge in [-0.1, -0.05) is 11.6 Å². The van der Waals surface area contributed by atoms with Gasteiger partial charge in [-0.15, -0.1) is 0 Å². The number of carbonyl (C=O) groups excluding carboxylic acids is 1. The summed E-state index contributed by atoms with van der Waals surface area (Å²) in [6, 6.07) is 1.70. The quantitative estimate of drug-likeness (QED) is 0.764. The maximum atomic E-state index is 10.7. The van der Waals surface area contributed by atoms with E-state index in [-0.39, 0.29) is 6.42 Å². The van der Waals surface area contributed by atoms with Crippen molar-refractivity contribution in [3.05, 3.63) is 29.2 Å². The van der Waals surface area contributed by atoms with Crippen molar-refractivity contribution in [2.45, 2.75) is 6.42 Å². The Kier molecular flexibility index (Phi) is 2.13. The first-order valence-corrected chi connectivity index (χ1v) is 4.35. The molecule has 2 rings (SSSR count). The van der Waals surface area contributed by atoms with E-state index in [1.807, 2.05) is 0 Å². The van der Waals surface area contributed by atoms with Crippen LogP contribution in [0.25, 0.3) is 11.0 Å². The minimum Gasteiger partial charge on any atom is -0.464 e. The fraction of sp³-hybridized carbons (Fsp3) is 0.111. The summed E-state index contributed by atoms with van der Waals surface area (Å²) in [5.41, 5.74) is 6.31. The first-order chi connectivity index (χ1) is 6.68. The SMILES string of the molecule is NC(=O)Cc1cnc(Cl)c2ccoc12. The number of fused-ring (bicyclic) bond motifs is 1. The summed E-state index contributed by atoms with van der Waals surface area (Å²) in [6.07, 6.45) is 3.11. The summed E-state index contributed by atoms with van der Waals surface area (Å²) in [6.45, 7) is 0. The zero-order valence-corrected chi connectivity index (χ0v) is 7.91. The number of pyridine rings is 1. The Labute approximate surface area is 84.7 Å². The maximum Gasteiger partial charge on any atom is 0.222 e. The largest absolute Gasteiger partial charge is 0.464 e. The van der Waals surface area contributed by atoms with E-state index in [0.717, 1.165) is 0 Å². The van der Waals surface area contributed by atoms with E-state index in [9.17, 15) is 4.79 Å². The number of hydrogen-bond acceptors (Lipinski definition) is 3. The van der Waals surface area contributed by atoms with Crippen molar-refractivity contribution in [1.82, 2.24) is 4.98 Å². The lowest BCUT2D eigenvalue weighted by atomic mass is 10.1. The van der Waals surface area contributed by atoms with Gasteiger partial charge >= 0.3 is 0 Å². The molecule has 0 radical (unpaired) electrons. The van der Waals surface area contributed by atoms with Crippen LogP contribution in [0.3, 0.4) is 0 Å². The minimum atomic E-state index is -0.424. The molecule has 4 nitrogen and oxygen atoms in total. The topological polar surface area (TPSA) is 69.1 Å². The second kappa shape index (κ2) is 3.31. The third-order valence-corrected chi connectivity index (χ3v) is 2.18. The smallest absolute Gasteiger partial charge is 0.222 e. The summed E-state index contributed by atoms with van der Waals surface area (Å²) in [7, 11) is 0. The molecule has 0 spiro atoms. The number of amides is 1. The second-order valence-corrected chi connectivity index (χ2v) is 3.24. The molecule has 5 heteroatoms. The highest BCUT2D eigenvalue weighted by molar-refractivity contribution is 6.34. The van der Waals surface area contributed by atoms with Crippen LogP contribution >= 0.6 is 11.6 Å². The molecule has 0 aliphatic heterocycles. The predicted molar refractivity (Wildman–Crippen MR) is 51.9 cm³/mol. The molecule has 2 N–H and O–H groups in total. The van der Waals surface area contributed by atoms with Crippen LogP contribution in [0, 0.1) is 0 Å². The fourth-order valence-corrected chi connectivity index (χ4v) is 1.49. The van der Waals surface area contributed by atoms with Crippen LogP contribution < -0.4 is 5.73 Å². The molecule has 0 fully saturated rings. The first kappa shape index (κ1) is 9.02. The standard InChI is InChI=1S/C9H7ClN2O2/c10-9-6-1-2-14-8(6)5(4-12-9)3-7(11)13/h1-2,4H,3H2,(H2,11,13). The van der Waals surface area contributed by atoms with E-state index < -0.39 is 5.91 Å². The molecular weight excluding hydrogens is 204 g/mol. The second-order valence-electron chi connectivity index (χ2n) is 2.88. The van der Waals surface area contributed by atoms with Gasteiger partial charge < -0.3 is 10.2 Å². The lowest BCUT2D eigenvalue weighted by molar-refractivity contribution is -0.117. The summed E-state index contributed by atoms with van der Waals surface area (Å²) in [4.78, 5) is 14.7. The summed E-state index contributed by atoms with van der Waals surface area (Å²) in [5, 5.41) is 1.06. The van der Waals surface area contributed by atoms with Crippen LogP contribution in [-0.4, -0.2) is 10.9 Å². The van der Waals surface area contributed by atoms with Gasteiger partial charge in [0.15, 0.2) is 0 Å². The zero-order valence-electron chi connectivity index (χ0n) is 7.16. The Hall–Kier alpha value is -1.55. The normalized spacial score (nSPS) is 10.6. The predicted octanol–water partition coefficient (Wildman–Crippen LogP) is 1.51. The molecule has 2 heterocycles. The van der Waals surface area contributed by atoms with Gasteiger partial charge in [0.05, 0.1) is 18.1 Å². The Balaban J connectivity index is 2.60. The van der Waals surface area contributed by atoms with E-state index in [4.69, 9.17) is 21.8 Å². The van der Waals surface area contributed by atoms with E-state index >= 15 is 0 Å². The Morgan fingerprint density at radius 3 is 3.14 bits per heavy atom. The van der Waals surface area contributed by atoms with Gasteiger partial charge in [0.2, 0.25) is 5.91 Å². The Bertz CT molecular complexity index is 493. The van der Waals surface area contributed by atoms with Crippen molar-refractivity contribution in [3.63, 3.8) is 0 Å². The maximum absolute atomic E-state index is 10.7. The van der Waals surface area contributed by atoms with Crippen LogP contribution in [0.4, 0.5) is 0 Å². The number of primary amides is 1. The highest BCUT2D eigenvalue weighted by Gasteiger charge is 2.10. The van der Waals surface area contributed by atoms with Gasteiger partial charge in [0.25, 0.3) is 0 Å². The van der Waals surface area contributed by atoms with Gasteiger partial charge in [0, 0.05) is 11.8 Å². The Morgan fingerprint density at radius 1 is 1.64 bits per heavy atom. The molecule has 0 atom stereocenters. The molecule has 2 aromatic heterocycles. The van der Waals surface area contributed by atoms with Crippen LogP contribution in [0.15, 0.2) is 22.9 Å². The van der Waals surface area contributed by atoms with Gasteiger partial charge in [0.1, 0.15) is 10.7 Å². The average Bonchev–Trinajstić information content (AvgIpc) is 2.58. The molecule has 0 saturated heterocycles. The van der Waals surface area contributed by atoms with E-state index in [0.29, 0.717) is 21.7 Å². The van der Waals surface area contributed by atoms with Crippen molar-refractivity contribution in [2.75, 3.05) is 0 Å². The van der Waals surface area contributed by atoms with Crippen LogP contribution in [0.2, 0.25) is 5.15 Å². The van der Waals surface area contributed by atoms with E-state index in [2.05, 4.69) is 4.98 Å². The molecule has 0 saturated carbocycles. The molecule has 14 heavy (non-hydrogen) atoms.